The zero-order chi connectivity index (χ0) is 13.5. The molecule has 0 bridgehead atoms. The summed E-state index contributed by atoms with van der Waals surface area (Å²) < 4.78 is 17.3. The average molecular weight is 330 g/mol. The summed E-state index contributed by atoms with van der Waals surface area (Å²) in [4.78, 5) is 0. The van der Waals surface area contributed by atoms with Crippen LogP contribution < -0.4 is 10.1 Å². The molecule has 1 unspecified atom stereocenters. The lowest BCUT2D eigenvalue weighted by atomic mass is 10.2. The number of benzene rings is 1. The predicted molar refractivity (Wildman–Crippen MR) is 77.6 cm³/mol. The first-order chi connectivity index (χ1) is 9.29. The molecule has 1 aromatic carbocycles. The van der Waals surface area contributed by atoms with Crippen LogP contribution in [-0.2, 0) is 16.0 Å². The van der Waals surface area contributed by atoms with Crippen molar-refractivity contribution in [3.8, 4) is 5.75 Å². The van der Waals surface area contributed by atoms with E-state index in [0.717, 1.165) is 36.3 Å². The first-order valence-corrected chi connectivity index (χ1v) is 7.31. The summed E-state index contributed by atoms with van der Waals surface area (Å²) in [6, 6.07) is 6.09. The molecule has 2 rings (SSSR count). The van der Waals surface area contributed by atoms with Crippen molar-refractivity contribution in [1.29, 1.82) is 0 Å². The Labute approximate surface area is 122 Å². The molecule has 0 aromatic heterocycles. The summed E-state index contributed by atoms with van der Waals surface area (Å²) in [5, 5.41) is 3.33. The van der Waals surface area contributed by atoms with Crippen LogP contribution in [0, 0.1) is 0 Å². The Morgan fingerprint density at radius 2 is 2.37 bits per heavy atom. The van der Waals surface area contributed by atoms with Gasteiger partial charge in [-0.1, -0.05) is 15.9 Å². The Bertz CT molecular complexity index is 394. The molecule has 1 N–H and O–H groups in total. The second-order valence-electron chi connectivity index (χ2n) is 4.53. The molecule has 1 aliphatic rings. The van der Waals surface area contributed by atoms with Gasteiger partial charge in [0.15, 0.2) is 0 Å². The van der Waals surface area contributed by atoms with Crippen LogP contribution >= 0.6 is 15.9 Å². The molecule has 1 fully saturated rings. The third kappa shape index (κ3) is 4.76. The highest BCUT2D eigenvalue weighted by Crippen LogP contribution is 2.24. The van der Waals surface area contributed by atoms with Gasteiger partial charge in [0, 0.05) is 31.1 Å². The highest BCUT2D eigenvalue weighted by atomic mass is 79.9. The maximum absolute atomic E-state index is 5.90. The number of methoxy groups -OCH3 is 1. The van der Waals surface area contributed by atoms with E-state index in [-0.39, 0.29) is 6.10 Å². The van der Waals surface area contributed by atoms with Crippen LogP contribution in [0.2, 0.25) is 0 Å². The Morgan fingerprint density at radius 3 is 3.11 bits per heavy atom. The van der Waals surface area contributed by atoms with Crippen molar-refractivity contribution >= 4 is 15.9 Å². The largest absolute Gasteiger partial charge is 0.488 e. The van der Waals surface area contributed by atoms with Crippen LogP contribution in [-0.4, -0.2) is 39.6 Å². The van der Waals surface area contributed by atoms with Gasteiger partial charge in [-0.25, -0.2) is 0 Å². The Hall–Kier alpha value is -0.620. The second-order valence-corrected chi connectivity index (χ2v) is 5.38. The third-order valence-corrected chi connectivity index (χ3v) is 3.78. The minimum atomic E-state index is 0.190. The van der Waals surface area contributed by atoms with Gasteiger partial charge in [0.1, 0.15) is 11.9 Å². The maximum Gasteiger partial charge on any atom is 0.124 e. The topological polar surface area (TPSA) is 39.7 Å². The predicted octanol–water partition coefficient (Wildman–Crippen LogP) is 2.35. The van der Waals surface area contributed by atoms with Crippen molar-refractivity contribution in [2.24, 2.45) is 0 Å². The van der Waals surface area contributed by atoms with Crippen LogP contribution in [0.1, 0.15) is 12.0 Å². The number of hydrogen-bond donors (Lipinski definition) is 1. The molecule has 4 nitrogen and oxygen atoms in total. The molecule has 0 radical (unpaired) electrons. The maximum atomic E-state index is 5.90. The molecule has 1 heterocycles. The van der Waals surface area contributed by atoms with Gasteiger partial charge in [0.2, 0.25) is 0 Å². The Balaban J connectivity index is 1.90. The summed E-state index contributed by atoms with van der Waals surface area (Å²) in [7, 11) is 1.70. The smallest absolute Gasteiger partial charge is 0.124 e. The normalized spacial score (nSPS) is 18.7. The van der Waals surface area contributed by atoms with Crippen LogP contribution in [0.3, 0.4) is 0 Å². The Morgan fingerprint density at radius 1 is 1.47 bits per heavy atom. The van der Waals surface area contributed by atoms with Crippen molar-refractivity contribution in [3.63, 3.8) is 0 Å². The lowest BCUT2D eigenvalue weighted by Gasteiger charge is -2.14. The van der Waals surface area contributed by atoms with Crippen LogP contribution in [0.15, 0.2) is 22.7 Å². The van der Waals surface area contributed by atoms with E-state index in [4.69, 9.17) is 14.2 Å². The molecule has 19 heavy (non-hydrogen) atoms. The van der Waals surface area contributed by atoms with E-state index >= 15 is 0 Å². The van der Waals surface area contributed by atoms with Crippen molar-refractivity contribution in [3.05, 3.63) is 28.2 Å². The summed E-state index contributed by atoms with van der Waals surface area (Å²) in [5.41, 5.74) is 1.19. The SMILES string of the molecule is COCCNCc1cc(OC2CCOC2)ccc1Br. The number of ether oxygens (including phenoxy) is 3. The van der Waals surface area contributed by atoms with Gasteiger partial charge in [-0.15, -0.1) is 0 Å². The second kappa shape index (κ2) is 7.85. The van der Waals surface area contributed by atoms with E-state index in [1.807, 2.05) is 12.1 Å². The summed E-state index contributed by atoms with van der Waals surface area (Å²) in [6.45, 7) is 3.84. The van der Waals surface area contributed by atoms with Gasteiger partial charge in [0.25, 0.3) is 0 Å². The molecule has 5 heteroatoms. The average Bonchev–Trinajstić information content (AvgIpc) is 2.91. The van der Waals surface area contributed by atoms with Crippen molar-refractivity contribution < 1.29 is 14.2 Å². The molecule has 1 aromatic rings. The summed E-state index contributed by atoms with van der Waals surface area (Å²) in [6.07, 6.45) is 1.16. The summed E-state index contributed by atoms with van der Waals surface area (Å²) >= 11 is 3.56. The minimum absolute atomic E-state index is 0.190. The van der Waals surface area contributed by atoms with Crippen molar-refractivity contribution in [2.75, 3.05) is 33.5 Å². The third-order valence-electron chi connectivity index (χ3n) is 3.01. The highest BCUT2D eigenvalue weighted by molar-refractivity contribution is 9.10. The molecule has 1 saturated heterocycles. The van der Waals surface area contributed by atoms with Gasteiger partial charge in [-0.05, 0) is 23.8 Å². The fourth-order valence-electron chi connectivity index (χ4n) is 1.96. The lowest BCUT2D eigenvalue weighted by molar-refractivity contribution is 0.141. The van der Waals surface area contributed by atoms with E-state index in [2.05, 4.69) is 27.3 Å². The van der Waals surface area contributed by atoms with Crippen molar-refractivity contribution in [2.45, 2.75) is 19.1 Å². The van der Waals surface area contributed by atoms with Gasteiger partial charge < -0.3 is 19.5 Å². The van der Waals surface area contributed by atoms with E-state index in [9.17, 15) is 0 Å². The highest BCUT2D eigenvalue weighted by Gasteiger charge is 2.17. The molecule has 0 saturated carbocycles. The van der Waals surface area contributed by atoms with Crippen molar-refractivity contribution in [1.82, 2.24) is 5.32 Å². The first-order valence-electron chi connectivity index (χ1n) is 6.52. The monoisotopic (exact) mass is 329 g/mol. The van der Waals surface area contributed by atoms with Gasteiger partial charge in [-0.3, -0.25) is 0 Å². The molecule has 0 aliphatic carbocycles. The lowest BCUT2D eigenvalue weighted by Crippen LogP contribution is -2.19. The molecule has 0 amide bonds. The quantitative estimate of drug-likeness (QED) is 0.779. The fraction of sp³-hybridized carbons (Fsp3) is 0.571. The molecule has 106 valence electrons. The molecule has 1 aliphatic heterocycles. The van der Waals surface area contributed by atoms with E-state index in [1.165, 1.54) is 5.56 Å². The van der Waals surface area contributed by atoms with Gasteiger partial charge >= 0.3 is 0 Å². The molecule has 1 atom stereocenters. The number of hydrogen-bond acceptors (Lipinski definition) is 4. The fourth-order valence-corrected chi connectivity index (χ4v) is 2.34. The molecule has 0 spiro atoms. The van der Waals surface area contributed by atoms with Crippen LogP contribution in [0.4, 0.5) is 0 Å². The molecular weight excluding hydrogens is 310 g/mol. The molecular formula is C14H20BrNO3. The number of rotatable bonds is 7. The van der Waals surface area contributed by atoms with Gasteiger partial charge in [-0.2, -0.15) is 0 Å². The zero-order valence-corrected chi connectivity index (χ0v) is 12.7. The number of halogens is 1. The minimum Gasteiger partial charge on any atom is -0.488 e. The first kappa shape index (κ1) is 14.8. The standard InChI is InChI=1S/C14H20BrNO3/c1-17-7-5-16-9-11-8-12(2-3-14(11)15)19-13-4-6-18-10-13/h2-3,8,13,16H,4-7,9-10H2,1H3. The summed E-state index contributed by atoms with van der Waals surface area (Å²) in [5.74, 6) is 0.905. The number of nitrogens with one attached hydrogen (secondary N) is 1. The van der Waals surface area contributed by atoms with E-state index < -0.39 is 0 Å². The van der Waals surface area contributed by atoms with E-state index in [1.54, 1.807) is 7.11 Å². The van der Waals surface area contributed by atoms with E-state index in [0.29, 0.717) is 13.2 Å². The van der Waals surface area contributed by atoms with Crippen LogP contribution in [0.5, 0.6) is 5.75 Å². The Kier molecular flexibility index (Phi) is 6.10. The zero-order valence-electron chi connectivity index (χ0n) is 11.2. The van der Waals surface area contributed by atoms with Crippen LogP contribution in [0.25, 0.3) is 0 Å². The van der Waals surface area contributed by atoms with Gasteiger partial charge in [0.05, 0.1) is 19.8 Å².